The number of para-hydroxylation sites is 1. The molecule has 26 heavy (non-hydrogen) atoms. The summed E-state index contributed by atoms with van der Waals surface area (Å²) in [5, 5.41) is 5.25. The molecular formula is C20H17BrN2O2S. The van der Waals surface area contributed by atoms with E-state index >= 15 is 0 Å². The minimum absolute atomic E-state index is 0.0681. The van der Waals surface area contributed by atoms with Gasteiger partial charge in [-0.05, 0) is 30.2 Å². The van der Waals surface area contributed by atoms with Crippen molar-refractivity contribution in [2.75, 3.05) is 11.9 Å². The van der Waals surface area contributed by atoms with Gasteiger partial charge in [-0.1, -0.05) is 52.3 Å². The van der Waals surface area contributed by atoms with Crippen LogP contribution in [0.2, 0.25) is 0 Å². The fourth-order valence-corrected chi connectivity index (χ4v) is 3.35. The number of thiazole rings is 1. The second-order valence-electron chi connectivity index (χ2n) is 5.48. The average molecular weight is 429 g/mol. The molecule has 0 atom stereocenters. The van der Waals surface area contributed by atoms with Gasteiger partial charge < -0.3 is 4.74 Å². The zero-order valence-corrected chi connectivity index (χ0v) is 16.3. The Morgan fingerprint density at radius 2 is 2.00 bits per heavy atom. The van der Waals surface area contributed by atoms with Crippen LogP contribution in [0.3, 0.4) is 0 Å². The van der Waals surface area contributed by atoms with Crippen molar-refractivity contribution in [1.29, 1.82) is 0 Å². The second kappa shape index (κ2) is 8.78. The largest absolute Gasteiger partial charge is 0.483 e. The van der Waals surface area contributed by atoms with Crippen molar-refractivity contribution in [3.63, 3.8) is 0 Å². The number of ether oxygens (including phenoxy) is 1. The Balaban J connectivity index is 1.59. The van der Waals surface area contributed by atoms with Crippen LogP contribution in [0, 0.1) is 0 Å². The fourth-order valence-electron chi connectivity index (χ4n) is 2.35. The lowest BCUT2D eigenvalue weighted by Crippen LogP contribution is -2.20. The lowest BCUT2D eigenvalue weighted by atomic mass is 10.1. The van der Waals surface area contributed by atoms with Crippen LogP contribution in [-0.2, 0) is 11.2 Å². The number of halogens is 1. The number of rotatable bonds is 7. The van der Waals surface area contributed by atoms with E-state index in [0.29, 0.717) is 17.3 Å². The first-order valence-corrected chi connectivity index (χ1v) is 9.66. The third kappa shape index (κ3) is 4.80. The van der Waals surface area contributed by atoms with Crippen molar-refractivity contribution in [2.24, 2.45) is 0 Å². The van der Waals surface area contributed by atoms with Gasteiger partial charge in [0.1, 0.15) is 5.75 Å². The van der Waals surface area contributed by atoms with E-state index in [1.807, 2.05) is 60.0 Å². The van der Waals surface area contributed by atoms with Gasteiger partial charge in [-0.15, -0.1) is 17.9 Å². The minimum Gasteiger partial charge on any atom is -0.483 e. The summed E-state index contributed by atoms with van der Waals surface area (Å²) in [4.78, 5) is 16.6. The molecule has 6 heteroatoms. The van der Waals surface area contributed by atoms with E-state index in [0.717, 1.165) is 21.3 Å². The van der Waals surface area contributed by atoms with Gasteiger partial charge in [0.15, 0.2) is 11.7 Å². The molecule has 2 aromatic carbocycles. The summed E-state index contributed by atoms with van der Waals surface area (Å²) in [5.41, 5.74) is 2.83. The second-order valence-corrected chi connectivity index (χ2v) is 7.26. The summed E-state index contributed by atoms with van der Waals surface area (Å²) in [6.07, 6.45) is 2.50. The van der Waals surface area contributed by atoms with Crippen molar-refractivity contribution >= 4 is 38.3 Å². The summed E-state index contributed by atoms with van der Waals surface area (Å²) in [6.45, 7) is 3.67. The summed E-state index contributed by atoms with van der Waals surface area (Å²) in [5.74, 6) is 0.451. The Labute approximate surface area is 164 Å². The number of nitrogens with zero attached hydrogens (tertiary/aromatic N) is 1. The molecule has 0 fully saturated rings. The van der Waals surface area contributed by atoms with E-state index in [4.69, 9.17) is 4.74 Å². The molecule has 0 saturated heterocycles. The van der Waals surface area contributed by atoms with Crippen LogP contribution < -0.4 is 10.1 Å². The summed E-state index contributed by atoms with van der Waals surface area (Å²) in [6, 6.07) is 15.5. The molecule has 1 amide bonds. The Morgan fingerprint density at radius 3 is 2.77 bits per heavy atom. The molecule has 132 valence electrons. The van der Waals surface area contributed by atoms with Crippen molar-refractivity contribution < 1.29 is 9.53 Å². The van der Waals surface area contributed by atoms with Crippen LogP contribution in [0.15, 0.2) is 71.0 Å². The van der Waals surface area contributed by atoms with Gasteiger partial charge >= 0.3 is 0 Å². The maximum Gasteiger partial charge on any atom is 0.264 e. The molecule has 3 rings (SSSR count). The number of aromatic nitrogens is 1. The topological polar surface area (TPSA) is 51.2 Å². The molecule has 0 spiro atoms. The van der Waals surface area contributed by atoms with Crippen molar-refractivity contribution in [3.05, 3.63) is 76.6 Å². The zero-order valence-electron chi connectivity index (χ0n) is 13.9. The predicted octanol–water partition coefficient (Wildman–Crippen LogP) is 5.32. The highest BCUT2D eigenvalue weighted by Crippen LogP contribution is 2.26. The van der Waals surface area contributed by atoms with Gasteiger partial charge in [0, 0.05) is 15.4 Å². The molecule has 1 heterocycles. The van der Waals surface area contributed by atoms with Crippen molar-refractivity contribution in [3.8, 4) is 17.0 Å². The highest BCUT2D eigenvalue weighted by Gasteiger charge is 2.10. The van der Waals surface area contributed by atoms with Crippen LogP contribution in [-0.4, -0.2) is 17.5 Å². The Bertz CT molecular complexity index is 906. The first-order valence-electron chi connectivity index (χ1n) is 7.98. The molecule has 0 aliphatic heterocycles. The number of hydrogen-bond donors (Lipinski definition) is 1. The van der Waals surface area contributed by atoms with E-state index in [1.165, 1.54) is 11.3 Å². The lowest BCUT2D eigenvalue weighted by Gasteiger charge is -2.09. The quantitative estimate of drug-likeness (QED) is 0.518. The first kappa shape index (κ1) is 18.4. The van der Waals surface area contributed by atoms with Crippen LogP contribution in [0.5, 0.6) is 5.75 Å². The Morgan fingerprint density at radius 1 is 1.23 bits per heavy atom. The zero-order chi connectivity index (χ0) is 18.4. The summed E-state index contributed by atoms with van der Waals surface area (Å²) in [7, 11) is 0. The number of allylic oxidation sites excluding steroid dienone is 1. The molecule has 1 aromatic heterocycles. The SMILES string of the molecule is C=CCc1ccccc1OCC(=O)Nc1nc(-c2ccc(Br)cc2)cs1. The van der Waals surface area contributed by atoms with Gasteiger partial charge in [-0.2, -0.15) is 0 Å². The normalized spacial score (nSPS) is 10.3. The molecule has 3 aromatic rings. The Kier molecular flexibility index (Phi) is 6.20. The van der Waals surface area contributed by atoms with E-state index < -0.39 is 0 Å². The highest BCUT2D eigenvalue weighted by atomic mass is 79.9. The maximum atomic E-state index is 12.1. The molecule has 1 N–H and O–H groups in total. The molecule has 0 radical (unpaired) electrons. The van der Waals surface area contributed by atoms with Gasteiger partial charge in [-0.3, -0.25) is 10.1 Å². The van der Waals surface area contributed by atoms with Crippen LogP contribution in [0.25, 0.3) is 11.3 Å². The van der Waals surface area contributed by atoms with E-state index in [1.54, 1.807) is 0 Å². The number of nitrogens with one attached hydrogen (secondary N) is 1. The fraction of sp³-hybridized carbons (Fsp3) is 0.100. The number of amides is 1. The molecule has 0 aliphatic carbocycles. The molecule has 0 unspecified atom stereocenters. The third-order valence-electron chi connectivity index (χ3n) is 3.59. The maximum absolute atomic E-state index is 12.1. The predicted molar refractivity (Wildman–Crippen MR) is 110 cm³/mol. The van der Waals surface area contributed by atoms with Gasteiger partial charge in [0.05, 0.1) is 5.69 Å². The third-order valence-corrected chi connectivity index (χ3v) is 4.87. The number of anilines is 1. The van der Waals surface area contributed by atoms with Crippen LogP contribution in [0.1, 0.15) is 5.56 Å². The number of benzene rings is 2. The lowest BCUT2D eigenvalue weighted by molar-refractivity contribution is -0.118. The molecule has 0 saturated carbocycles. The number of hydrogen-bond acceptors (Lipinski definition) is 4. The van der Waals surface area contributed by atoms with Gasteiger partial charge in [0.25, 0.3) is 5.91 Å². The van der Waals surface area contributed by atoms with E-state index in [-0.39, 0.29) is 12.5 Å². The molecule has 0 aliphatic rings. The van der Waals surface area contributed by atoms with Crippen LogP contribution in [0.4, 0.5) is 5.13 Å². The number of carbonyl (C=O) groups is 1. The van der Waals surface area contributed by atoms with E-state index in [9.17, 15) is 4.79 Å². The summed E-state index contributed by atoms with van der Waals surface area (Å²) >= 11 is 4.80. The van der Waals surface area contributed by atoms with Crippen molar-refractivity contribution in [1.82, 2.24) is 4.98 Å². The smallest absolute Gasteiger partial charge is 0.264 e. The van der Waals surface area contributed by atoms with E-state index in [2.05, 4.69) is 32.8 Å². The number of carbonyl (C=O) groups excluding carboxylic acids is 1. The monoisotopic (exact) mass is 428 g/mol. The van der Waals surface area contributed by atoms with Crippen LogP contribution >= 0.6 is 27.3 Å². The minimum atomic E-state index is -0.241. The average Bonchev–Trinajstić information content (AvgIpc) is 3.10. The van der Waals surface area contributed by atoms with Gasteiger partial charge in [0.2, 0.25) is 0 Å². The van der Waals surface area contributed by atoms with Crippen molar-refractivity contribution in [2.45, 2.75) is 6.42 Å². The molecule has 0 bridgehead atoms. The Hall–Kier alpha value is -2.44. The highest BCUT2D eigenvalue weighted by molar-refractivity contribution is 9.10. The standard InChI is InChI=1S/C20H17BrN2O2S/c1-2-5-15-6-3-4-7-18(15)25-12-19(24)23-20-22-17(13-26-20)14-8-10-16(21)11-9-14/h2-4,6-11,13H,1,5,12H2,(H,22,23,24). The summed E-state index contributed by atoms with van der Waals surface area (Å²) < 4.78 is 6.65. The molecular weight excluding hydrogens is 412 g/mol. The molecule has 4 nitrogen and oxygen atoms in total. The first-order chi connectivity index (χ1) is 12.7. The van der Waals surface area contributed by atoms with Gasteiger partial charge in [-0.25, -0.2) is 4.98 Å².